The van der Waals surface area contributed by atoms with Gasteiger partial charge in [0, 0.05) is 21.8 Å². The molecule has 0 saturated carbocycles. The monoisotopic (exact) mass is 275 g/mol. The molecule has 0 aliphatic rings. The van der Waals surface area contributed by atoms with Crippen molar-refractivity contribution in [2.45, 2.75) is 12.0 Å². The second-order valence-corrected chi connectivity index (χ2v) is 5.85. The van der Waals surface area contributed by atoms with Gasteiger partial charge in [-0.05, 0) is 31.2 Å². The minimum absolute atomic E-state index is 0.298. The highest BCUT2D eigenvalue weighted by Crippen LogP contribution is 2.29. The Morgan fingerprint density at radius 2 is 1.88 bits per heavy atom. The Morgan fingerprint density at radius 1 is 1.29 bits per heavy atom. The minimum Gasteiger partial charge on any atom is -0.342 e. The van der Waals surface area contributed by atoms with Gasteiger partial charge in [0.1, 0.15) is 11.5 Å². The zero-order chi connectivity index (χ0) is 12.6. The quantitative estimate of drug-likeness (QED) is 0.791. The van der Waals surface area contributed by atoms with Crippen LogP contribution in [0.25, 0.3) is 11.3 Å². The highest BCUT2D eigenvalue weighted by Gasteiger charge is 2.23. The molecule has 4 nitrogen and oxygen atoms in total. The van der Waals surface area contributed by atoms with E-state index in [9.17, 15) is 12.8 Å². The number of hydrogen-bond acceptors (Lipinski definition) is 4. The van der Waals surface area contributed by atoms with Crippen LogP contribution in [0.1, 0.15) is 5.56 Å². The first-order valence-corrected chi connectivity index (χ1v) is 6.87. The van der Waals surface area contributed by atoms with Gasteiger partial charge in [0.05, 0.1) is 0 Å². The maximum absolute atomic E-state index is 12.7. The summed E-state index contributed by atoms with van der Waals surface area (Å²) in [7, 11) is 1.21. The van der Waals surface area contributed by atoms with Crippen molar-refractivity contribution in [2.75, 3.05) is 0 Å². The van der Waals surface area contributed by atoms with Crippen LogP contribution in [-0.2, 0) is 9.05 Å². The van der Waals surface area contributed by atoms with E-state index in [0.29, 0.717) is 16.8 Å². The third-order valence-corrected chi connectivity index (χ3v) is 3.46. The summed E-state index contributed by atoms with van der Waals surface area (Å²) in [5.74, 6) is -0.389. The Kier molecular flexibility index (Phi) is 2.92. The van der Waals surface area contributed by atoms with Crippen LogP contribution in [0.5, 0.6) is 0 Å². The van der Waals surface area contributed by atoms with Gasteiger partial charge < -0.3 is 4.52 Å². The van der Waals surface area contributed by atoms with E-state index < -0.39 is 14.1 Å². The number of nitrogens with zero attached hydrogens (tertiary/aromatic N) is 1. The summed E-state index contributed by atoms with van der Waals surface area (Å²) in [5.41, 5.74) is 1.18. The van der Waals surface area contributed by atoms with Gasteiger partial charge in [-0.2, -0.15) is 0 Å². The second-order valence-electron chi connectivity index (χ2n) is 3.39. The molecule has 0 spiro atoms. The Labute approximate surface area is 101 Å². The van der Waals surface area contributed by atoms with Gasteiger partial charge in [-0.1, -0.05) is 5.16 Å². The van der Waals surface area contributed by atoms with E-state index in [1.165, 1.54) is 31.2 Å². The van der Waals surface area contributed by atoms with Crippen molar-refractivity contribution >= 4 is 19.7 Å². The predicted octanol–water partition coefficient (Wildman–Crippen LogP) is 2.72. The average molecular weight is 276 g/mol. The molecule has 2 rings (SSSR count). The fraction of sp³-hybridized carbons (Fsp3) is 0.100. The molecule has 0 amide bonds. The molecular weight excluding hydrogens is 269 g/mol. The standard InChI is InChI=1S/C10H7ClFNO3S/c1-6-9(7-2-4-8(12)5-3-7)13-16-10(6)17(11,14)15/h2-5H,1H3. The van der Waals surface area contributed by atoms with Crippen molar-refractivity contribution in [1.82, 2.24) is 5.16 Å². The van der Waals surface area contributed by atoms with E-state index in [2.05, 4.69) is 9.68 Å². The van der Waals surface area contributed by atoms with Crippen LogP contribution in [0.15, 0.2) is 33.9 Å². The summed E-state index contributed by atoms with van der Waals surface area (Å²) in [5, 5.41) is 3.23. The number of halogens is 2. The molecule has 0 atom stereocenters. The number of hydrogen-bond donors (Lipinski definition) is 0. The number of benzene rings is 1. The number of rotatable bonds is 2. The fourth-order valence-electron chi connectivity index (χ4n) is 1.43. The first-order chi connectivity index (χ1) is 7.89. The average Bonchev–Trinajstić information content (AvgIpc) is 2.61. The van der Waals surface area contributed by atoms with Crippen molar-refractivity contribution in [1.29, 1.82) is 0 Å². The van der Waals surface area contributed by atoms with E-state index in [0.717, 1.165) is 0 Å². The Hall–Kier alpha value is -1.40. The molecule has 0 bridgehead atoms. The molecule has 2 aromatic rings. The minimum atomic E-state index is -3.96. The Morgan fingerprint density at radius 3 is 2.35 bits per heavy atom. The smallest absolute Gasteiger partial charge is 0.297 e. The van der Waals surface area contributed by atoms with Crippen LogP contribution in [0, 0.1) is 12.7 Å². The van der Waals surface area contributed by atoms with Gasteiger partial charge in [0.15, 0.2) is 0 Å². The van der Waals surface area contributed by atoms with Crippen LogP contribution in [-0.4, -0.2) is 13.6 Å². The van der Waals surface area contributed by atoms with E-state index in [1.54, 1.807) is 0 Å². The SMILES string of the molecule is Cc1c(-c2ccc(F)cc2)noc1S(=O)(=O)Cl. The van der Waals surface area contributed by atoms with Crippen molar-refractivity contribution in [3.8, 4) is 11.3 Å². The molecule has 0 fully saturated rings. The molecule has 1 heterocycles. The molecule has 0 unspecified atom stereocenters. The van der Waals surface area contributed by atoms with Crippen LogP contribution >= 0.6 is 10.7 Å². The largest absolute Gasteiger partial charge is 0.342 e. The summed E-state index contributed by atoms with van der Waals surface area (Å²) < 4.78 is 39.7. The zero-order valence-electron chi connectivity index (χ0n) is 8.65. The molecule has 1 aromatic carbocycles. The lowest BCUT2D eigenvalue weighted by molar-refractivity contribution is 0.341. The van der Waals surface area contributed by atoms with E-state index >= 15 is 0 Å². The van der Waals surface area contributed by atoms with Crippen molar-refractivity contribution < 1.29 is 17.3 Å². The maximum Gasteiger partial charge on any atom is 0.297 e. The topological polar surface area (TPSA) is 60.2 Å². The lowest BCUT2D eigenvalue weighted by Crippen LogP contribution is -1.90. The normalized spacial score (nSPS) is 11.7. The van der Waals surface area contributed by atoms with Gasteiger partial charge in [-0.25, -0.2) is 12.8 Å². The predicted molar refractivity (Wildman–Crippen MR) is 59.7 cm³/mol. The molecular formula is C10H7ClFNO3S. The fourth-order valence-corrected chi connectivity index (χ4v) is 2.45. The number of aromatic nitrogens is 1. The highest BCUT2D eigenvalue weighted by atomic mass is 35.7. The van der Waals surface area contributed by atoms with Crippen LogP contribution in [0.4, 0.5) is 4.39 Å². The first-order valence-electron chi connectivity index (χ1n) is 4.56. The Bertz CT molecular complexity index is 649. The van der Waals surface area contributed by atoms with Crippen LogP contribution in [0.2, 0.25) is 0 Å². The third kappa shape index (κ3) is 2.32. The van der Waals surface area contributed by atoms with Crippen LogP contribution in [0.3, 0.4) is 0 Å². The molecule has 0 saturated heterocycles. The van der Waals surface area contributed by atoms with Crippen molar-refractivity contribution in [3.63, 3.8) is 0 Å². The van der Waals surface area contributed by atoms with Crippen molar-refractivity contribution in [3.05, 3.63) is 35.6 Å². The van der Waals surface area contributed by atoms with E-state index in [4.69, 9.17) is 10.7 Å². The lowest BCUT2D eigenvalue weighted by atomic mass is 10.1. The molecule has 0 aliphatic carbocycles. The highest BCUT2D eigenvalue weighted by molar-refractivity contribution is 8.13. The molecule has 90 valence electrons. The van der Waals surface area contributed by atoms with E-state index in [-0.39, 0.29) is 5.82 Å². The van der Waals surface area contributed by atoms with Gasteiger partial charge in [0.2, 0.25) is 0 Å². The molecule has 0 N–H and O–H groups in total. The summed E-state index contributed by atoms with van der Waals surface area (Å²) in [6, 6.07) is 5.45. The molecule has 7 heteroatoms. The van der Waals surface area contributed by atoms with Gasteiger partial charge in [0.25, 0.3) is 14.1 Å². The zero-order valence-corrected chi connectivity index (χ0v) is 10.2. The molecule has 17 heavy (non-hydrogen) atoms. The molecule has 1 aromatic heterocycles. The maximum atomic E-state index is 12.7. The summed E-state index contributed by atoms with van der Waals surface area (Å²) in [6.45, 7) is 1.52. The summed E-state index contributed by atoms with van der Waals surface area (Å²) >= 11 is 0. The molecule has 0 radical (unpaired) electrons. The second kappa shape index (κ2) is 4.12. The van der Waals surface area contributed by atoms with Crippen LogP contribution < -0.4 is 0 Å². The van der Waals surface area contributed by atoms with E-state index in [1.807, 2.05) is 0 Å². The third-order valence-electron chi connectivity index (χ3n) is 2.22. The first kappa shape index (κ1) is 12.1. The van der Waals surface area contributed by atoms with Gasteiger partial charge in [-0.3, -0.25) is 0 Å². The van der Waals surface area contributed by atoms with Gasteiger partial charge >= 0.3 is 0 Å². The Balaban J connectivity index is 2.55. The molecule has 0 aliphatic heterocycles. The van der Waals surface area contributed by atoms with Crippen molar-refractivity contribution in [2.24, 2.45) is 0 Å². The van der Waals surface area contributed by atoms with Gasteiger partial charge in [-0.15, -0.1) is 0 Å². The summed E-state index contributed by atoms with van der Waals surface area (Å²) in [6.07, 6.45) is 0. The lowest BCUT2D eigenvalue weighted by Gasteiger charge is -1.96. The summed E-state index contributed by atoms with van der Waals surface area (Å²) in [4.78, 5) is 0.